The van der Waals surface area contributed by atoms with Crippen LogP contribution in [0, 0.1) is 11.3 Å². The Morgan fingerprint density at radius 3 is 2.52 bits per heavy atom. The van der Waals surface area contributed by atoms with Gasteiger partial charge in [-0.3, -0.25) is 4.99 Å². The number of hydrogen-bond acceptors (Lipinski definition) is 1. The Balaban J connectivity index is 2.08. The first kappa shape index (κ1) is 14.6. The fraction of sp³-hybridized carbons (Fsp3) is 0.474. The summed E-state index contributed by atoms with van der Waals surface area (Å²) in [5.41, 5.74) is 7.10. The normalized spacial score (nSPS) is 24.4. The maximum atomic E-state index is 4.83. The largest absolute Gasteiger partial charge is 0.253 e. The molecule has 1 unspecified atom stereocenters. The highest BCUT2D eigenvalue weighted by molar-refractivity contribution is 6.73. The van der Waals surface area contributed by atoms with Crippen LogP contribution >= 0.6 is 0 Å². The summed E-state index contributed by atoms with van der Waals surface area (Å²) >= 11 is 0. The number of aliphatic imine (C=N–C) groups is 1. The van der Waals surface area contributed by atoms with E-state index in [1.165, 1.54) is 28.1 Å². The molecule has 0 amide bonds. The fourth-order valence-electron chi connectivity index (χ4n) is 3.43. The lowest BCUT2D eigenvalue weighted by Gasteiger charge is -2.19. The summed E-state index contributed by atoms with van der Waals surface area (Å²) in [5.74, 6) is 0.415. The highest BCUT2D eigenvalue weighted by Crippen LogP contribution is 2.41. The minimum absolute atomic E-state index is 0.228. The van der Waals surface area contributed by atoms with E-state index in [4.69, 9.17) is 4.99 Å². The molecule has 1 heterocycles. The maximum absolute atomic E-state index is 4.83. The zero-order chi connectivity index (χ0) is 15.4. The van der Waals surface area contributed by atoms with Gasteiger partial charge in [0, 0.05) is 25.6 Å². The average Bonchev–Trinajstić information content (AvgIpc) is 3.00. The van der Waals surface area contributed by atoms with E-state index in [-0.39, 0.29) is 5.41 Å². The highest BCUT2D eigenvalue weighted by Gasteiger charge is 2.32. The first-order chi connectivity index (χ1) is 9.79. The molecule has 0 aromatic rings. The molecule has 110 valence electrons. The van der Waals surface area contributed by atoms with E-state index in [1.54, 1.807) is 5.17 Å². The van der Waals surface area contributed by atoms with Gasteiger partial charge in [0.15, 0.2) is 0 Å². The Bertz CT molecular complexity index is 684. The molecule has 0 bridgehead atoms. The van der Waals surface area contributed by atoms with Crippen LogP contribution in [-0.4, -0.2) is 19.3 Å². The zero-order valence-corrected chi connectivity index (χ0v) is 15.0. The number of allylic oxidation sites excluding steroid dienone is 7. The third kappa shape index (κ3) is 2.40. The molecular weight excluding hydrogens is 270 g/mol. The molecule has 0 saturated carbocycles. The van der Waals surface area contributed by atoms with Crippen molar-refractivity contribution in [3.8, 4) is 0 Å². The lowest BCUT2D eigenvalue weighted by Crippen LogP contribution is -2.14. The van der Waals surface area contributed by atoms with Crippen molar-refractivity contribution >= 4 is 19.3 Å². The van der Waals surface area contributed by atoms with E-state index < -0.39 is 8.41 Å². The van der Waals surface area contributed by atoms with Crippen LogP contribution in [0.4, 0.5) is 0 Å². The number of hydrogen-bond donors (Lipinski definition) is 0. The SMILES string of the molecule is CC1=NC2=CCC(=[Si](C)C)C2=C1C1C=CC(C(C)(C)C)=C1. The second kappa shape index (κ2) is 4.87. The second-order valence-electron chi connectivity index (χ2n) is 7.51. The molecule has 1 nitrogen and oxygen atoms in total. The van der Waals surface area contributed by atoms with Crippen LogP contribution in [0.5, 0.6) is 0 Å². The van der Waals surface area contributed by atoms with Gasteiger partial charge >= 0.3 is 0 Å². The quantitative estimate of drug-likeness (QED) is 0.621. The summed E-state index contributed by atoms with van der Waals surface area (Å²) in [7, 11) is -0.402. The van der Waals surface area contributed by atoms with Gasteiger partial charge in [0.1, 0.15) is 0 Å². The zero-order valence-electron chi connectivity index (χ0n) is 14.0. The molecule has 3 aliphatic rings. The van der Waals surface area contributed by atoms with Crippen molar-refractivity contribution in [2.24, 2.45) is 16.3 Å². The summed E-state index contributed by atoms with van der Waals surface area (Å²) < 4.78 is 0. The standard InChI is InChI=1S/C19H25NSi/c1-12-17(13-7-8-14(11-13)19(2,3)4)18-15(20-12)9-10-16(18)21(5)6/h7-9,11,13H,10H2,1-6H3. The molecule has 2 heteroatoms. The van der Waals surface area contributed by atoms with Gasteiger partial charge in [-0.1, -0.05) is 63.3 Å². The first-order valence-electron chi connectivity index (χ1n) is 7.86. The van der Waals surface area contributed by atoms with Gasteiger partial charge in [-0.15, -0.1) is 0 Å². The monoisotopic (exact) mass is 295 g/mol. The van der Waals surface area contributed by atoms with E-state index in [1.807, 2.05) is 0 Å². The van der Waals surface area contributed by atoms with Crippen LogP contribution < -0.4 is 0 Å². The van der Waals surface area contributed by atoms with Crippen molar-refractivity contribution in [2.45, 2.75) is 47.2 Å². The minimum Gasteiger partial charge on any atom is -0.253 e. The summed E-state index contributed by atoms with van der Waals surface area (Å²) in [4.78, 5) is 4.83. The van der Waals surface area contributed by atoms with Crippen molar-refractivity contribution in [2.75, 3.05) is 0 Å². The van der Waals surface area contributed by atoms with Crippen LogP contribution in [0.3, 0.4) is 0 Å². The summed E-state index contributed by atoms with van der Waals surface area (Å²) in [6, 6.07) is 0. The Labute approximate surface area is 130 Å². The number of rotatable bonds is 1. The molecular formula is C19H25NSi. The Kier molecular flexibility index (Phi) is 3.40. The number of nitrogens with zero attached hydrogens (tertiary/aromatic N) is 1. The van der Waals surface area contributed by atoms with Crippen molar-refractivity contribution in [3.63, 3.8) is 0 Å². The third-order valence-electron chi connectivity index (χ3n) is 4.65. The second-order valence-corrected chi connectivity index (χ2v) is 10.1. The van der Waals surface area contributed by atoms with Gasteiger partial charge in [-0.25, -0.2) is 0 Å². The average molecular weight is 296 g/mol. The predicted octanol–water partition coefficient (Wildman–Crippen LogP) is 4.71. The molecule has 21 heavy (non-hydrogen) atoms. The minimum atomic E-state index is -0.402. The lowest BCUT2D eigenvalue weighted by molar-refractivity contribution is 0.517. The van der Waals surface area contributed by atoms with Gasteiger partial charge in [-0.05, 0) is 29.9 Å². The Hall–Kier alpha value is -1.28. The Morgan fingerprint density at radius 2 is 1.95 bits per heavy atom. The molecule has 0 spiro atoms. The molecule has 3 rings (SSSR count). The van der Waals surface area contributed by atoms with Gasteiger partial charge in [0.2, 0.25) is 0 Å². The molecule has 0 fully saturated rings. The Morgan fingerprint density at radius 1 is 1.24 bits per heavy atom. The smallest absolute Gasteiger partial charge is 0.0671 e. The molecule has 0 saturated heterocycles. The number of fused-ring (bicyclic) bond motifs is 1. The predicted molar refractivity (Wildman–Crippen MR) is 95.5 cm³/mol. The van der Waals surface area contributed by atoms with Crippen molar-refractivity contribution in [3.05, 3.63) is 46.7 Å². The van der Waals surface area contributed by atoms with E-state index in [0.29, 0.717) is 5.92 Å². The van der Waals surface area contributed by atoms with Crippen molar-refractivity contribution < 1.29 is 0 Å². The molecule has 0 N–H and O–H groups in total. The van der Waals surface area contributed by atoms with E-state index in [9.17, 15) is 0 Å². The molecule has 2 aliphatic carbocycles. The molecule has 0 aromatic heterocycles. The summed E-state index contributed by atoms with van der Waals surface area (Å²) in [5, 5.41) is 1.66. The van der Waals surface area contributed by atoms with Gasteiger partial charge < -0.3 is 0 Å². The molecule has 0 aromatic carbocycles. The topological polar surface area (TPSA) is 12.4 Å². The van der Waals surface area contributed by atoms with E-state index >= 15 is 0 Å². The third-order valence-corrected chi connectivity index (χ3v) is 6.31. The van der Waals surface area contributed by atoms with Crippen LogP contribution in [0.1, 0.15) is 34.1 Å². The fourth-order valence-corrected chi connectivity index (χ4v) is 4.71. The van der Waals surface area contributed by atoms with Gasteiger partial charge in [0.05, 0.1) is 5.70 Å². The molecule has 1 aliphatic heterocycles. The summed E-state index contributed by atoms with van der Waals surface area (Å²) in [6.07, 6.45) is 10.6. The summed E-state index contributed by atoms with van der Waals surface area (Å²) in [6.45, 7) is 13.8. The van der Waals surface area contributed by atoms with Gasteiger partial charge in [0.25, 0.3) is 0 Å². The highest BCUT2D eigenvalue weighted by atomic mass is 28.2. The van der Waals surface area contributed by atoms with E-state index in [2.05, 4.69) is 65.1 Å². The van der Waals surface area contributed by atoms with Crippen LogP contribution in [0.15, 0.2) is 51.7 Å². The molecule has 0 radical (unpaired) electrons. The lowest BCUT2D eigenvalue weighted by atomic mass is 9.86. The maximum Gasteiger partial charge on any atom is 0.0671 e. The molecule has 1 atom stereocenters. The first-order valence-corrected chi connectivity index (χ1v) is 10.4. The van der Waals surface area contributed by atoms with Crippen molar-refractivity contribution in [1.82, 2.24) is 0 Å². The van der Waals surface area contributed by atoms with Crippen LogP contribution in [0.2, 0.25) is 13.1 Å². The van der Waals surface area contributed by atoms with Crippen LogP contribution in [-0.2, 0) is 0 Å². The van der Waals surface area contributed by atoms with Gasteiger partial charge in [-0.2, -0.15) is 0 Å². The van der Waals surface area contributed by atoms with Crippen molar-refractivity contribution in [1.29, 1.82) is 0 Å². The van der Waals surface area contributed by atoms with E-state index in [0.717, 1.165) is 6.42 Å². The van der Waals surface area contributed by atoms with Crippen LogP contribution in [0.25, 0.3) is 0 Å².